The number of amides is 3. The summed E-state index contributed by atoms with van der Waals surface area (Å²) in [5, 5.41) is 3.00. The summed E-state index contributed by atoms with van der Waals surface area (Å²) in [6.07, 6.45) is 10.5. The van der Waals surface area contributed by atoms with Crippen molar-refractivity contribution in [1.29, 1.82) is 0 Å². The largest absolute Gasteiger partial charge is 0.444 e. The number of ether oxygens (including phenoxy) is 1. The SMILES string of the molecule is C/C(=C\CN(C)C(=O)OC(C)(C)C)C1=CC=C(NC(=O)N2Cc3nccnc3C2)CC1. The maximum absolute atomic E-state index is 12.6. The zero-order chi connectivity index (χ0) is 22.6. The van der Waals surface area contributed by atoms with E-state index in [2.05, 4.69) is 15.3 Å². The summed E-state index contributed by atoms with van der Waals surface area (Å²) < 4.78 is 5.37. The van der Waals surface area contributed by atoms with E-state index >= 15 is 0 Å². The molecule has 8 nitrogen and oxygen atoms in total. The normalized spacial score (nSPS) is 16.3. The van der Waals surface area contributed by atoms with Gasteiger partial charge in [-0.1, -0.05) is 17.7 Å². The maximum atomic E-state index is 12.6. The number of nitrogens with one attached hydrogen (secondary N) is 1. The first kappa shape index (κ1) is 22.5. The lowest BCUT2D eigenvalue weighted by Gasteiger charge is -2.24. The molecule has 1 aromatic heterocycles. The lowest BCUT2D eigenvalue weighted by molar-refractivity contribution is 0.0317. The van der Waals surface area contributed by atoms with Crippen LogP contribution < -0.4 is 5.32 Å². The molecule has 1 N–H and O–H groups in total. The molecule has 0 fully saturated rings. The van der Waals surface area contributed by atoms with Gasteiger partial charge >= 0.3 is 12.1 Å². The number of carbonyl (C=O) groups is 2. The smallest absolute Gasteiger partial charge is 0.410 e. The third-order valence-corrected chi connectivity index (χ3v) is 5.13. The van der Waals surface area contributed by atoms with Crippen molar-refractivity contribution >= 4 is 12.1 Å². The Balaban J connectivity index is 1.52. The van der Waals surface area contributed by atoms with Crippen LogP contribution in [-0.4, -0.2) is 51.1 Å². The molecule has 0 saturated heterocycles. The van der Waals surface area contributed by atoms with Crippen molar-refractivity contribution in [2.45, 2.75) is 59.2 Å². The summed E-state index contributed by atoms with van der Waals surface area (Å²) in [6.45, 7) is 9.03. The van der Waals surface area contributed by atoms with Crippen LogP contribution in [0.3, 0.4) is 0 Å². The Labute approximate surface area is 183 Å². The van der Waals surface area contributed by atoms with E-state index in [4.69, 9.17) is 4.74 Å². The van der Waals surface area contributed by atoms with Crippen molar-refractivity contribution in [3.8, 4) is 0 Å². The Morgan fingerprint density at radius 1 is 1.16 bits per heavy atom. The Hall–Kier alpha value is -3.16. The van der Waals surface area contributed by atoms with Crippen molar-refractivity contribution in [3.63, 3.8) is 0 Å². The van der Waals surface area contributed by atoms with E-state index in [1.54, 1.807) is 29.2 Å². The first-order chi connectivity index (χ1) is 14.6. The van der Waals surface area contributed by atoms with Crippen LogP contribution in [0.2, 0.25) is 0 Å². The molecular formula is C23H31N5O3. The molecule has 2 aliphatic rings. The first-order valence-corrected chi connectivity index (χ1v) is 10.5. The fourth-order valence-corrected chi connectivity index (χ4v) is 3.33. The molecule has 0 spiro atoms. The minimum atomic E-state index is -0.507. The fourth-order valence-electron chi connectivity index (χ4n) is 3.33. The maximum Gasteiger partial charge on any atom is 0.410 e. The van der Waals surface area contributed by atoms with Gasteiger partial charge in [-0.05, 0) is 52.2 Å². The van der Waals surface area contributed by atoms with Crippen molar-refractivity contribution in [1.82, 2.24) is 25.1 Å². The minimum Gasteiger partial charge on any atom is -0.444 e. The van der Waals surface area contributed by atoms with Crippen LogP contribution in [0.4, 0.5) is 9.59 Å². The summed E-state index contributed by atoms with van der Waals surface area (Å²) in [5.74, 6) is 0. The lowest BCUT2D eigenvalue weighted by Crippen LogP contribution is -2.36. The van der Waals surface area contributed by atoms with Crippen LogP contribution in [0.25, 0.3) is 0 Å². The number of fused-ring (bicyclic) bond motifs is 1. The molecule has 0 radical (unpaired) electrons. The van der Waals surface area contributed by atoms with Gasteiger partial charge in [0.2, 0.25) is 0 Å². The number of urea groups is 1. The number of hydrogen-bond donors (Lipinski definition) is 1. The topological polar surface area (TPSA) is 87.7 Å². The molecule has 31 heavy (non-hydrogen) atoms. The molecule has 0 atom stereocenters. The standard InChI is InChI=1S/C23H31N5O3/c1-16(10-13-27(5)22(30)31-23(2,3)4)17-6-8-18(9-7-17)26-21(29)28-14-19-20(15-28)25-12-11-24-19/h6,8,10-12H,7,9,13-15H2,1-5H3,(H,26,29)/b16-10+. The third-order valence-electron chi connectivity index (χ3n) is 5.13. The van der Waals surface area contributed by atoms with E-state index in [0.717, 1.165) is 35.5 Å². The van der Waals surface area contributed by atoms with Crippen LogP contribution >= 0.6 is 0 Å². The zero-order valence-electron chi connectivity index (χ0n) is 18.9. The molecule has 2 heterocycles. The molecule has 1 aromatic rings. The summed E-state index contributed by atoms with van der Waals surface area (Å²) in [7, 11) is 1.72. The molecule has 0 aromatic carbocycles. The molecule has 3 amide bonds. The van der Waals surface area contributed by atoms with E-state index in [0.29, 0.717) is 19.6 Å². The van der Waals surface area contributed by atoms with E-state index in [9.17, 15) is 9.59 Å². The number of aromatic nitrogens is 2. The van der Waals surface area contributed by atoms with Crippen molar-refractivity contribution < 1.29 is 14.3 Å². The Kier molecular flexibility index (Phi) is 6.77. The third kappa shape index (κ3) is 6.16. The highest BCUT2D eigenvalue weighted by atomic mass is 16.6. The molecule has 0 saturated carbocycles. The quantitative estimate of drug-likeness (QED) is 0.790. The van der Waals surface area contributed by atoms with Crippen LogP contribution in [0.1, 0.15) is 51.9 Å². The second kappa shape index (κ2) is 9.32. The van der Waals surface area contributed by atoms with Crippen molar-refractivity contribution in [3.05, 3.63) is 58.9 Å². The predicted octanol–water partition coefficient (Wildman–Crippen LogP) is 3.92. The molecule has 1 aliphatic carbocycles. The molecule has 0 bridgehead atoms. The second-order valence-electron chi connectivity index (χ2n) is 8.87. The second-order valence-corrected chi connectivity index (χ2v) is 8.87. The summed E-state index contributed by atoms with van der Waals surface area (Å²) in [5.41, 5.74) is 4.40. The first-order valence-electron chi connectivity index (χ1n) is 10.5. The van der Waals surface area contributed by atoms with Crippen LogP contribution in [-0.2, 0) is 17.8 Å². The van der Waals surface area contributed by atoms with Gasteiger partial charge in [0, 0.05) is 31.7 Å². The monoisotopic (exact) mass is 425 g/mol. The van der Waals surface area contributed by atoms with Gasteiger partial charge in [-0.15, -0.1) is 0 Å². The van der Waals surface area contributed by atoms with Gasteiger partial charge in [0.05, 0.1) is 24.5 Å². The van der Waals surface area contributed by atoms with E-state index < -0.39 is 5.60 Å². The zero-order valence-corrected chi connectivity index (χ0v) is 18.9. The molecule has 3 rings (SSSR count). The van der Waals surface area contributed by atoms with Gasteiger partial charge in [0.15, 0.2) is 0 Å². The van der Waals surface area contributed by atoms with Crippen LogP contribution in [0.15, 0.2) is 47.5 Å². The molecule has 166 valence electrons. The average Bonchev–Trinajstić information content (AvgIpc) is 3.15. The minimum absolute atomic E-state index is 0.130. The average molecular weight is 426 g/mol. The van der Waals surface area contributed by atoms with Crippen LogP contribution in [0.5, 0.6) is 0 Å². The molecular weight excluding hydrogens is 394 g/mol. The van der Waals surface area contributed by atoms with E-state index in [1.165, 1.54) is 5.57 Å². The van der Waals surface area contributed by atoms with Gasteiger partial charge < -0.3 is 19.9 Å². The van der Waals surface area contributed by atoms with Gasteiger partial charge in [-0.3, -0.25) is 9.97 Å². The predicted molar refractivity (Wildman–Crippen MR) is 118 cm³/mol. The Morgan fingerprint density at radius 3 is 2.35 bits per heavy atom. The van der Waals surface area contributed by atoms with Crippen LogP contribution in [0, 0.1) is 0 Å². The summed E-state index contributed by atoms with van der Waals surface area (Å²) in [6, 6.07) is -0.130. The number of carbonyl (C=O) groups excluding carboxylic acids is 2. The number of nitrogens with zero attached hydrogens (tertiary/aromatic N) is 4. The van der Waals surface area contributed by atoms with Gasteiger partial charge in [0.25, 0.3) is 0 Å². The van der Waals surface area contributed by atoms with Crippen molar-refractivity contribution in [2.24, 2.45) is 0 Å². The van der Waals surface area contributed by atoms with Gasteiger partial charge in [-0.25, -0.2) is 9.59 Å². The number of likely N-dealkylation sites (N-methyl/N-ethyl adjacent to an activating group) is 1. The molecule has 0 unspecified atom stereocenters. The number of rotatable bonds is 4. The van der Waals surface area contributed by atoms with Gasteiger partial charge in [0.1, 0.15) is 5.60 Å². The summed E-state index contributed by atoms with van der Waals surface area (Å²) in [4.78, 5) is 36.5. The highest BCUT2D eigenvalue weighted by Crippen LogP contribution is 2.24. The fraction of sp³-hybridized carbons (Fsp3) is 0.478. The van der Waals surface area contributed by atoms with E-state index in [1.807, 2.05) is 45.9 Å². The highest BCUT2D eigenvalue weighted by molar-refractivity contribution is 5.76. The Bertz CT molecular complexity index is 918. The number of allylic oxidation sites excluding steroid dienone is 5. The Morgan fingerprint density at radius 2 is 1.81 bits per heavy atom. The van der Waals surface area contributed by atoms with E-state index in [-0.39, 0.29) is 12.1 Å². The van der Waals surface area contributed by atoms with Crippen molar-refractivity contribution in [2.75, 3.05) is 13.6 Å². The highest BCUT2D eigenvalue weighted by Gasteiger charge is 2.26. The summed E-state index contributed by atoms with van der Waals surface area (Å²) >= 11 is 0. The molecule has 1 aliphatic heterocycles. The number of hydrogen-bond acceptors (Lipinski definition) is 5. The van der Waals surface area contributed by atoms with Gasteiger partial charge in [-0.2, -0.15) is 0 Å². The lowest BCUT2D eigenvalue weighted by atomic mass is 9.96. The molecule has 8 heteroatoms.